The van der Waals surface area contributed by atoms with Crippen LogP contribution in [-0.4, -0.2) is 20.8 Å². The van der Waals surface area contributed by atoms with Gasteiger partial charge in [-0.05, 0) is 64.2 Å². The van der Waals surface area contributed by atoms with Crippen LogP contribution in [0.3, 0.4) is 0 Å². The number of aromatic nitrogens is 3. The number of carbonyl (C=O) groups is 1. The van der Waals surface area contributed by atoms with Crippen LogP contribution >= 0.6 is 34.8 Å². The number of carbonyl (C=O) groups excluding carboxylic acids is 1. The number of H-pyrrole nitrogens is 1. The van der Waals surface area contributed by atoms with Crippen molar-refractivity contribution in [3.63, 3.8) is 0 Å². The van der Waals surface area contributed by atoms with Crippen molar-refractivity contribution in [1.82, 2.24) is 14.9 Å². The predicted molar refractivity (Wildman–Crippen MR) is 222 cm³/mol. The van der Waals surface area contributed by atoms with E-state index in [0.717, 1.165) is 56.6 Å². The van der Waals surface area contributed by atoms with Crippen LogP contribution in [0.5, 0.6) is 0 Å². The number of nitrogens with one attached hydrogen (secondary N) is 1. The Morgan fingerprint density at radius 2 is 1.09 bits per heavy atom. The van der Waals surface area contributed by atoms with Crippen molar-refractivity contribution in [3.8, 4) is 0 Å². The highest BCUT2D eigenvalue weighted by molar-refractivity contribution is 6.31. The van der Waals surface area contributed by atoms with E-state index >= 15 is 0 Å². The van der Waals surface area contributed by atoms with Crippen LogP contribution in [0, 0.1) is 0 Å². The Morgan fingerprint density at radius 1 is 0.579 bits per heavy atom. The first-order valence-corrected chi connectivity index (χ1v) is 19.0. The second-order valence-electron chi connectivity index (χ2n) is 12.9. The number of benzene rings is 5. The molecule has 0 aliphatic heterocycles. The maximum atomic E-state index is 12.4. The van der Waals surface area contributed by atoms with Crippen molar-refractivity contribution >= 4 is 40.7 Å². The SMILES string of the molecule is Clc1ccc(Cc2coc(Cc3ccccc3)n2)cc1.O=C(Cc1ccccc1)n1oc(=O)cc1Cc1ccc(Cl)cc1.O=c1cc(Cc2ccc(Cl)cc2)[nH]o1. The van der Waals surface area contributed by atoms with E-state index in [9.17, 15) is 14.4 Å². The van der Waals surface area contributed by atoms with Gasteiger partial charge in [0.1, 0.15) is 6.26 Å². The van der Waals surface area contributed by atoms with Crippen molar-refractivity contribution in [2.45, 2.75) is 32.1 Å². The lowest BCUT2D eigenvalue weighted by Crippen LogP contribution is -2.16. The summed E-state index contributed by atoms with van der Waals surface area (Å²) < 4.78 is 16.2. The third kappa shape index (κ3) is 13.0. The quantitative estimate of drug-likeness (QED) is 0.146. The van der Waals surface area contributed by atoms with Gasteiger partial charge in [-0.2, -0.15) is 0 Å². The van der Waals surface area contributed by atoms with Crippen LogP contribution < -0.4 is 11.3 Å². The minimum absolute atomic E-state index is 0.173. The molecule has 0 aliphatic carbocycles. The molecule has 5 aromatic carbocycles. The van der Waals surface area contributed by atoms with E-state index in [0.29, 0.717) is 28.6 Å². The van der Waals surface area contributed by atoms with Crippen LogP contribution in [0.25, 0.3) is 0 Å². The molecule has 0 fully saturated rings. The number of oxazole rings is 1. The lowest BCUT2D eigenvalue weighted by atomic mass is 10.1. The maximum Gasteiger partial charge on any atom is 0.358 e. The Morgan fingerprint density at radius 3 is 1.63 bits per heavy atom. The van der Waals surface area contributed by atoms with Gasteiger partial charge in [0.2, 0.25) is 0 Å². The van der Waals surface area contributed by atoms with E-state index in [1.165, 1.54) is 23.3 Å². The fourth-order valence-corrected chi connectivity index (χ4v) is 6.05. The van der Waals surface area contributed by atoms with Crippen LogP contribution in [0.15, 0.2) is 175 Å². The zero-order chi connectivity index (χ0) is 40.0. The number of nitrogens with zero attached hydrogens (tertiary/aromatic N) is 2. The molecule has 0 unspecified atom stereocenters. The number of hydrogen-bond donors (Lipinski definition) is 1. The Bertz CT molecular complexity index is 2570. The van der Waals surface area contributed by atoms with Gasteiger partial charge in [0.15, 0.2) is 5.89 Å². The first kappa shape index (κ1) is 40.5. The van der Waals surface area contributed by atoms with Gasteiger partial charge in [-0.3, -0.25) is 4.79 Å². The molecule has 1 N–H and O–H groups in total. The molecule has 3 aromatic heterocycles. The molecule has 12 heteroatoms. The molecule has 0 atom stereocenters. The van der Waals surface area contributed by atoms with E-state index in [1.54, 1.807) is 18.4 Å². The third-order valence-corrected chi connectivity index (χ3v) is 9.18. The molecule has 9 nitrogen and oxygen atoms in total. The summed E-state index contributed by atoms with van der Waals surface area (Å²) in [6.07, 6.45) is 4.45. The zero-order valence-electron chi connectivity index (χ0n) is 30.4. The molecular formula is C45H36Cl3N3O6. The monoisotopic (exact) mass is 819 g/mol. The molecule has 0 saturated carbocycles. The minimum atomic E-state index is -0.532. The van der Waals surface area contributed by atoms with Crippen molar-refractivity contribution in [2.24, 2.45) is 0 Å². The lowest BCUT2D eigenvalue weighted by Gasteiger charge is -2.06. The smallest absolute Gasteiger partial charge is 0.358 e. The summed E-state index contributed by atoms with van der Waals surface area (Å²) in [6, 6.07) is 44.8. The molecule has 8 rings (SSSR count). The summed E-state index contributed by atoms with van der Waals surface area (Å²) in [5, 5.41) is 4.64. The molecule has 0 amide bonds. The molecule has 0 saturated heterocycles. The fraction of sp³-hybridized carbons (Fsp3) is 0.111. The Labute approximate surface area is 343 Å². The summed E-state index contributed by atoms with van der Waals surface area (Å²) >= 11 is 17.5. The van der Waals surface area contributed by atoms with Gasteiger partial charge in [-0.25, -0.2) is 19.7 Å². The van der Waals surface area contributed by atoms with Crippen molar-refractivity contribution in [1.29, 1.82) is 0 Å². The van der Waals surface area contributed by atoms with Crippen molar-refractivity contribution < 1.29 is 18.3 Å². The molecule has 0 spiro atoms. The van der Waals surface area contributed by atoms with Gasteiger partial charge in [-0.1, -0.05) is 132 Å². The molecule has 57 heavy (non-hydrogen) atoms. The average molecular weight is 821 g/mol. The van der Waals surface area contributed by atoms with Crippen molar-refractivity contribution in [2.75, 3.05) is 0 Å². The highest BCUT2D eigenvalue weighted by Crippen LogP contribution is 2.17. The zero-order valence-corrected chi connectivity index (χ0v) is 32.7. The Hall–Kier alpha value is -6.13. The van der Waals surface area contributed by atoms with E-state index in [-0.39, 0.29) is 18.0 Å². The molecule has 8 aromatic rings. The average Bonchev–Trinajstić information content (AvgIpc) is 3.95. The van der Waals surface area contributed by atoms with E-state index in [2.05, 4.69) is 26.8 Å². The third-order valence-electron chi connectivity index (χ3n) is 8.43. The largest absolute Gasteiger partial charge is 0.448 e. The van der Waals surface area contributed by atoms with Crippen LogP contribution in [0.4, 0.5) is 0 Å². The van der Waals surface area contributed by atoms with Gasteiger partial charge < -0.3 is 13.5 Å². The molecule has 3 heterocycles. The van der Waals surface area contributed by atoms with Gasteiger partial charge >= 0.3 is 11.3 Å². The van der Waals surface area contributed by atoms with Crippen molar-refractivity contribution in [3.05, 3.63) is 239 Å². The second-order valence-corrected chi connectivity index (χ2v) is 14.2. The molecule has 0 aliphatic rings. The van der Waals surface area contributed by atoms with E-state index in [1.807, 2.05) is 109 Å². The molecule has 0 bridgehead atoms. The Balaban J connectivity index is 0.000000149. The van der Waals surface area contributed by atoms with Gasteiger partial charge in [0, 0.05) is 52.9 Å². The Kier molecular flexibility index (Phi) is 14.3. The van der Waals surface area contributed by atoms with Crippen LogP contribution in [-0.2, 0) is 32.1 Å². The predicted octanol–water partition coefficient (Wildman–Crippen LogP) is 10.3. The highest BCUT2D eigenvalue weighted by Gasteiger charge is 2.15. The lowest BCUT2D eigenvalue weighted by molar-refractivity contribution is 0.0781. The second kappa shape index (κ2) is 20.2. The summed E-state index contributed by atoms with van der Waals surface area (Å²) in [4.78, 5) is 39.2. The molecule has 0 radical (unpaired) electrons. The highest BCUT2D eigenvalue weighted by atomic mass is 35.5. The van der Waals surface area contributed by atoms with E-state index in [4.69, 9.17) is 43.7 Å². The maximum absolute atomic E-state index is 12.4. The summed E-state index contributed by atoms with van der Waals surface area (Å²) in [6.45, 7) is 0. The van der Waals surface area contributed by atoms with Crippen LogP contribution in [0.2, 0.25) is 15.1 Å². The summed E-state index contributed by atoms with van der Waals surface area (Å²) in [5.74, 6) is 0.474. The van der Waals surface area contributed by atoms with Gasteiger partial charge in [-0.15, -0.1) is 4.74 Å². The number of hydrogen-bond acceptors (Lipinski definition) is 7. The van der Waals surface area contributed by atoms with E-state index < -0.39 is 5.63 Å². The summed E-state index contributed by atoms with van der Waals surface area (Å²) in [5.41, 5.74) is 6.61. The number of aromatic amines is 1. The molecule has 288 valence electrons. The fourth-order valence-electron chi connectivity index (χ4n) is 5.68. The van der Waals surface area contributed by atoms with Crippen LogP contribution in [0.1, 0.15) is 55.6 Å². The number of rotatable bonds is 10. The minimum Gasteiger partial charge on any atom is -0.448 e. The molecular weight excluding hydrogens is 785 g/mol. The first-order chi connectivity index (χ1) is 27.6. The topological polar surface area (TPSA) is 124 Å². The summed E-state index contributed by atoms with van der Waals surface area (Å²) in [7, 11) is 0. The van der Waals surface area contributed by atoms with Gasteiger partial charge in [0.25, 0.3) is 5.91 Å². The standard InChI is InChI=1S/C18H14ClNO3.C17H14ClNO.C10H8ClNO2/c19-15-8-6-14(7-9-15)10-16-12-18(22)23-20(16)17(21)11-13-4-2-1-3-5-13;18-15-8-6-14(7-9-15)10-16-12-20-17(19-16)11-13-4-2-1-3-5-13;11-8-3-1-7(2-4-8)5-9-6-10(13)14-12-9/h1-9,12H,10-11H2;1-9,12H,10-11H2;1-4,6,12H,5H2. The number of halogens is 3. The first-order valence-electron chi connectivity index (χ1n) is 17.8. The van der Waals surface area contributed by atoms with Gasteiger partial charge in [0.05, 0.1) is 23.5 Å². The normalized spacial score (nSPS) is 10.6.